The molecule has 4 aromatic rings. The number of hydrogen-bond acceptors (Lipinski definition) is 8. The quantitative estimate of drug-likeness (QED) is 0.137. The highest BCUT2D eigenvalue weighted by molar-refractivity contribution is 7.80. The normalized spacial score (nSPS) is 15.7. The largest absolute Gasteiger partial charge is 0.493 e. The van der Waals surface area contributed by atoms with E-state index >= 15 is 8.78 Å². The van der Waals surface area contributed by atoms with Gasteiger partial charge in [0.1, 0.15) is 28.6 Å². The second-order valence-corrected chi connectivity index (χ2v) is 10.5. The van der Waals surface area contributed by atoms with Gasteiger partial charge in [-0.2, -0.15) is 0 Å². The Labute approximate surface area is 246 Å². The van der Waals surface area contributed by atoms with E-state index < -0.39 is 39.5 Å². The summed E-state index contributed by atoms with van der Waals surface area (Å²) in [5.74, 6) is -4.28. The summed E-state index contributed by atoms with van der Waals surface area (Å²) in [6, 6.07) is 4.49. The Bertz CT molecular complexity index is 1860. The second kappa shape index (κ2) is 11.5. The van der Waals surface area contributed by atoms with Gasteiger partial charge >= 0.3 is 5.97 Å². The van der Waals surface area contributed by atoms with Gasteiger partial charge in [0.05, 0.1) is 23.1 Å². The van der Waals surface area contributed by atoms with Gasteiger partial charge in [-0.1, -0.05) is 0 Å². The van der Waals surface area contributed by atoms with E-state index in [1.807, 2.05) is 11.8 Å². The third kappa shape index (κ3) is 5.23. The average Bonchev–Trinajstić information content (AvgIpc) is 3.22. The number of fused-ring (bicyclic) bond motifs is 2. The van der Waals surface area contributed by atoms with Crippen LogP contribution in [0.25, 0.3) is 21.8 Å². The fraction of sp³-hybridized carbons (Fsp3) is 0.296. The minimum atomic E-state index is -1.49. The van der Waals surface area contributed by atoms with Gasteiger partial charge in [-0.3, -0.25) is 25.1 Å². The van der Waals surface area contributed by atoms with E-state index in [0.29, 0.717) is 17.4 Å². The zero-order chi connectivity index (χ0) is 31.2. The van der Waals surface area contributed by atoms with Crippen molar-refractivity contribution >= 4 is 56.5 Å². The van der Waals surface area contributed by atoms with Crippen LogP contribution in [0, 0.1) is 22.4 Å². The van der Waals surface area contributed by atoms with E-state index in [4.69, 9.17) is 12.2 Å². The molecule has 0 amide bonds. The number of carbonyl (C=O) groups is 1. The molecule has 1 unspecified atom stereocenters. The van der Waals surface area contributed by atoms with Crippen molar-refractivity contribution in [2.45, 2.75) is 33.1 Å². The van der Waals surface area contributed by atoms with Crippen LogP contribution in [0.1, 0.15) is 24.2 Å². The molecule has 0 aliphatic carbocycles. The molecule has 1 saturated heterocycles. The maximum absolute atomic E-state index is 15.9. The Hall–Kier alpha value is -4.70. The number of aromatic nitrogens is 2. The molecule has 1 aliphatic heterocycles. The Morgan fingerprint density at radius 3 is 2.58 bits per heavy atom. The van der Waals surface area contributed by atoms with E-state index in [1.54, 1.807) is 6.92 Å². The van der Waals surface area contributed by atoms with Gasteiger partial charge in [-0.05, 0) is 50.3 Å². The van der Waals surface area contributed by atoms with Crippen LogP contribution in [-0.4, -0.2) is 61.0 Å². The number of aromatic carboxylic acids is 1. The molecule has 0 spiro atoms. The van der Waals surface area contributed by atoms with Crippen LogP contribution in [0.5, 0.6) is 5.88 Å². The number of hydrogen-bond donors (Lipinski definition) is 4. The number of aryl methyl sites for hydroxylation is 1. The first-order valence-electron chi connectivity index (χ1n) is 13.1. The Kier molecular flexibility index (Phi) is 7.98. The lowest BCUT2D eigenvalue weighted by Crippen LogP contribution is -2.52. The fourth-order valence-electron chi connectivity index (χ4n) is 5.48. The number of halogens is 3. The highest BCUT2D eigenvalue weighted by Gasteiger charge is 2.31. The van der Waals surface area contributed by atoms with E-state index in [1.165, 1.54) is 32.2 Å². The summed E-state index contributed by atoms with van der Waals surface area (Å²) >= 11 is 4.71. The van der Waals surface area contributed by atoms with Crippen molar-refractivity contribution in [1.29, 1.82) is 0 Å². The zero-order valence-electron chi connectivity index (χ0n) is 22.9. The van der Waals surface area contributed by atoms with Crippen LogP contribution in [0.2, 0.25) is 0 Å². The number of hydrazine groups is 1. The van der Waals surface area contributed by atoms with Gasteiger partial charge in [0.15, 0.2) is 5.82 Å². The van der Waals surface area contributed by atoms with Gasteiger partial charge < -0.3 is 19.7 Å². The number of nitrogens with one attached hydrogen (secondary N) is 2. The number of aromatic hydroxyl groups is 1. The minimum absolute atomic E-state index is 0.0696. The van der Waals surface area contributed by atoms with Crippen LogP contribution in [0.4, 0.5) is 24.5 Å². The van der Waals surface area contributed by atoms with Crippen molar-refractivity contribution in [2.24, 2.45) is 5.18 Å². The predicted octanol–water partition coefficient (Wildman–Crippen LogP) is 3.93. The van der Waals surface area contributed by atoms with Crippen molar-refractivity contribution < 1.29 is 28.2 Å². The molecule has 226 valence electrons. The van der Waals surface area contributed by atoms with Crippen LogP contribution in [-0.2, 0) is 13.2 Å². The van der Waals surface area contributed by atoms with Crippen molar-refractivity contribution in [1.82, 2.24) is 19.5 Å². The third-order valence-corrected chi connectivity index (χ3v) is 7.76. The molecule has 2 aromatic heterocycles. The minimum Gasteiger partial charge on any atom is -0.493 e. The first-order valence-corrected chi connectivity index (χ1v) is 13.5. The number of carboxylic acid groups (broad SMARTS) is 1. The van der Waals surface area contributed by atoms with Crippen LogP contribution >= 0.6 is 12.2 Å². The molecule has 1 atom stereocenters. The fourth-order valence-corrected chi connectivity index (χ4v) is 5.53. The standard InChI is InChI=1S/C27H26F3N7O5S/c1-3-34-11-17(26(40)41)24(38)16-9-18(29)23(20(30)22(16)34)35-6-7-36(13(2)10-35)12-37-19-5-4-14(28)8-15(19)21(25(37)39)31-32-27(43)33-42/h4-5,8-9,11,13,31,39H,3,6-7,10,12H2,1-2H3,(H,32,43)(H,40,41). The highest BCUT2D eigenvalue weighted by Crippen LogP contribution is 2.37. The molecular weight excluding hydrogens is 591 g/mol. The number of pyridine rings is 1. The molecule has 5 rings (SSSR count). The molecule has 1 aliphatic rings. The van der Waals surface area contributed by atoms with E-state index in [-0.39, 0.29) is 60.5 Å². The number of nitroso groups, excluding NO2 is 1. The number of benzene rings is 2. The summed E-state index contributed by atoms with van der Waals surface area (Å²) < 4.78 is 48.2. The van der Waals surface area contributed by atoms with Crippen LogP contribution in [0.15, 0.2) is 40.4 Å². The zero-order valence-corrected chi connectivity index (χ0v) is 23.7. The third-order valence-electron chi connectivity index (χ3n) is 7.58. The SMILES string of the molecule is CCn1cc(C(=O)O)c(=O)c2cc(F)c(N3CCN(Cn4c(O)c(NNC(=S)N=O)c5cc(F)ccc54)C(C)C3)c(F)c21. The highest BCUT2D eigenvalue weighted by atomic mass is 32.1. The Morgan fingerprint density at radius 1 is 1.19 bits per heavy atom. The molecule has 0 bridgehead atoms. The first kappa shape index (κ1) is 29.8. The molecule has 16 heteroatoms. The second-order valence-electron chi connectivity index (χ2n) is 10.1. The molecule has 43 heavy (non-hydrogen) atoms. The molecule has 12 nitrogen and oxygen atoms in total. The van der Waals surface area contributed by atoms with Gasteiger partial charge in [0.2, 0.25) is 11.3 Å². The van der Waals surface area contributed by atoms with Crippen LogP contribution in [0.3, 0.4) is 0 Å². The number of piperazine rings is 1. The average molecular weight is 618 g/mol. The van der Waals surface area contributed by atoms with Crippen molar-refractivity contribution in [3.63, 3.8) is 0 Å². The lowest BCUT2D eigenvalue weighted by atomic mass is 10.1. The molecular formula is C27H26F3N7O5S. The molecule has 3 heterocycles. The topological polar surface area (TPSA) is 144 Å². The van der Waals surface area contributed by atoms with Gasteiger partial charge in [0, 0.05) is 49.0 Å². The van der Waals surface area contributed by atoms with Gasteiger partial charge in [-0.25, -0.2) is 18.0 Å². The van der Waals surface area contributed by atoms with Crippen LogP contribution < -0.4 is 21.2 Å². The summed E-state index contributed by atoms with van der Waals surface area (Å²) in [5.41, 5.74) is 3.42. The summed E-state index contributed by atoms with van der Waals surface area (Å²) in [5, 5.41) is 22.5. The van der Waals surface area contributed by atoms with Crippen molar-refractivity contribution in [2.75, 3.05) is 30.0 Å². The maximum Gasteiger partial charge on any atom is 0.341 e. The smallest absolute Gasteiger partial charge is 0.341 e. The molecule has 0 saturated carbocycles. The lowest BCUT2D eigenvalue weighted by molar-refractivity contribution is 0.0694. The van der Waals surface area contributed by atoms with E-state index in [9.17, 15) is 29.1 Å². The number of nitrogens with zero attached hydrogens (tertiary/aromatic N) is 5. The van der Waals surface area contributed by atoms with E-state index in [0.717, 1.165) is 12.3 Å². The number of carboxylic acids is 1. The Balaban J connectivity index is 1.45. The molecule has 2 aromatic carbocycles. The number of anilines is 2. The Morgan fingerprint density at radius 2 is 1.93 bits per heavy atom. The number of thiocarbonyl (C=S) groups is 1. The summed E-state index contributed by atoms with van der Waals surface area (Å²) in [7, 11) is 0. The van der Waals surface area contributed by atoms with Crippen molar-refractivity contribution in [3.05, 3.63) is 68.6 Å². The molecule has 4 N–H and O–H groups in total. The molecule has 1 fully saturated rings. The maximum atomic E-state index is 15.9. The lowest BCUT2D eigenvalue weighted by Gasteiger charge is -2.41. The van der Waals surface area contributed by atoms with Crippen molar-refractivity contribution in [3.8, 4) is 5.88 Å². The van der Waals surface area contributed by atoms with E-state index in [2.05, 4.69) is 16.0 Å². The van der Waals surface area contributed by atoms with Gasteiger partial charge in [0.25, 0.3) is 5.11 Å². The summed E-state index contributed by atoms with van der Waals surface area (Å²) in [6.07, 6.45) is 1.06. The number of rotatable bonds is 7. The summed E-state index contributed by atoms with van der Waals surface area (Å²) in [6.45, 7) is 4.40. The molecule has 0 radical (unpaired) electrons. The van der Waals surface area contributed by atoms with Gasteiger partial charge in [-0.15, -0.1) is 4.91 Å². The first-order chi connectivity index (χ1) is 20.5. The monoisotopic (exact) mass is 617 g/mol. The summed E-state index contributed by atoms with van der Waals surface area (Å²) in [4.78, 5) is 38.3. The predicted molar refractivity (Wildman–Crippen MR) is 158 cm³/mol.